The van der Waals surface area contributed by atoms with Gasteiger partial charge < -0.3 is 16.0 Å². The molecule has 126 valence electrons. The van der Waals surface area contributed by atoms with Crippen LogP contribution in [0, 0.1) is 5.41 Å². The summed E-state index contributed by atoms with van der Waals surface area (Å²) < 4.78 is 0.930. The van der Waals surface area contributed by atoms with E-state index in [9.17, 15) is 9.59 Å². The molecule has 0 radical (unpaired) electrons. The average Bonchev–Trinajstić information content (AvgIpc) is 2.54. The lowest BCUT2D eigenvalue weighted by molar-refractivity contribution is -0.121. The van der Waals surface area contributed by atoms with Gasteiger partial charge in [0.25, 0.3) is 5.91 Å². The fourth-order valence-electron chi connectivity index (χ4n) is 2.60. The van der Waals surface area contributed by atoms with E-state index in [-0.39, 0.29) is 17.2 Å². The van der Waals surface area contributed by atoms with Gasteiger partial charge in [-0.25, -0.2) is 0 Å². The molecular weight excluding hydrogens is 358 g/mol. The van der Waals surface area contributed by atoms with Crippen molar-refractivity contribution in [2.45, 2.75) is 26.2 Å². The van der Waals surface area contributed by atoms with E-state index >= 15 is 0 Å². The van der Waals surface area contributed by atoms with Crippen LogP contribution in [0.4, 0.5) is 0 Å². The molecule has 23 heavy (non-hydrogen) atoms. The Morgan fingerprint density at radius 3 is 2.48 bits per heavy atom. The van der Waals surface area contributed by atoms with Crippen molar-refractivity contribution in [2.75, 3.05) is 26.2 Å². The summed E-state index contributed by atoms with van der Waals surface area (Å²) in [6.45, 7) is 5.28. The zero-order chi connectivity index (χ0) is 16.7. The van der Waals surface area contributed by atoms with E-state index in [1.54, 1.807) is 12.1 Å². The van der Waals surface area contributed by atoms with E-state index in [0.717, 1.165) is 30.4 Å². The molecule has 5 nitrogen and oxygen atoms in total. The largest absolute Gasteiger partial charge is 0.355 e. The first-order valence-electron chi connectivity index (χ1n) is 8.00. The third-order valence-corrected chi connectivity index (χ3v) is 4.80. The number of carbonyl (C=O) groups is 2. The van der Waals surface area contributed by atoms with Crippen LogP contribution < -0.4 is 16.0 Å². The number of hydrogen-bond acceptors (Lipinski definition) is 3. The minimum absolute atomic E-state index is 0.0131. The highest BCUT2D eigenvalue weighted by Gasteiger charge is 2.26. The van der Waals surface area contributed by atoms with Crippen molar-refractivity contribution < 1.29 is 9.59 Å². The van der Waals surface area contributed by atoms with E-state index in [4.69, 9.17) is 0 Å². The molecule has 0 atom stereocenters. The van der Waals surface area contributed by atoms with Gasteiger partial charge in [-0.2, -0.15) is 0 Å². The molecule has 1 fully saturated rings. The monoisotopic (exact) mass is 381 g/mol. The van der Waals surface area contributed by atoms with E-state index in [1.807, 2.05) is 12.1 Å². The molecule has 1 aliphatic heterocycles. The molecule has 1 saturated heterocycles. The fourth-order valence-corrected chi connectivity index (χ4v) is 2.86. The van der Waals surface area contributed by atoms with E-state index in [2.05, 4.69) is 38.8 Å². The van der Waals surface area contributed by atoms with Crippen molar-refractivity contribution in [1.29, 1.82) is 0 Å². The van der Waals surface area contributed by atoms with Crippen LogP contribution in [0.5, 0.6) is 0 Å². The van der Waals surface area contributed by atoms with Gasteiger partial charge in [0.05, 0.1) is 0 Å². The maximum Gasteiger partial charge on any atom is 0.251 e. The second-order valence-corrected chi connectivity index (χ2v) is 7.27. The van der Waals surface area contributed by atoms with E-state index in [0.29, 0.717) is 25.1 Å². The van der Waals surface area contributed by atoms with Gasteiger partial charge in [-0.3, -0.25) is 9.59 Å². The van der Waals surface area contributed by atoms with Crippen LogP contribution in [0.1, 0.15) is 36.5 Å². The van der Waals surface area contributed by atoms with Crippen molar-refractivity contribution >= 4 is 27.7 Å². The summed E-state index contributed by atoms with van der Waals surface area (Å²) >= 11 is 3.33. The van der Waals surface area contributed by atoms with Crippen LogP contribution >= 0.6 is 15.9 Å². The van der Waals surface area contributed by atoms with E-state index < -0.39 is 0 Å². The molecule has 2 rings (SSSR count). The normalized spacial score (nSPS) is 16.6. The predicted molar refractivity (Wildman–Crippen MR) is 94.3 cm³/mol. The minimum atomic E-state index is -0.157. The maximum atomic E-state index is 11.9. The Labute approximate surface area is 145 Å². The quantitative estimate of drug-likeness (QED) is 0.706. The second kappa shape index (κ2) is 8.45. The van der Waals surface area contributed by atoms with Gasteiger partial charge in [0, 0.05) is 29.5 Å². The van der Waals surface area contributed by atoms with Gasteiger partial charge in [-0.1, -0.05) is 22.9 Å². The fraction of sp³-hybridized carbons (Fsp3) is 0.529. The molecule has 0 saturated carbocycles. The third kappa shape index (κ3) is 5.95. The second-order valence-electron chi connectivity index (χ2n) is 6.35. The number of rotatable bonds is 6. The minimum Gasteiger partial charge on any atom is -0.355 e. The third-order valence-electron chi connectivity index (χ3n) is 4.27. The molecule has 0 bridgehead atoms. The van der Waals surface area contributed by atoms with Crippen LogP contribution in [-0.4, -0.2) is 38.0 Å². The summed E-state index contributed by atoms with van der Waals surface area (Å²) in [6.07, 6.45) is 2.46. The summed E-state index contributed by atoms with van der Waals surface area (Å²) in [7, 11) is 0. The average molecular weight is 382 g/mol. The lowest BCUT2D eigenvalue weighted by atomic mass is 9.81. The number of halogens is 1. The molecular formula is C17H24BrN3O2. The van der Waals surface area contributed by atoms with Gasteiger partial charge >= 0.3 is 0 Å². The number of nitrogens with one attached hydrogen (secondary N) is 3. The topological polar surface area (TPSA) is 70.2 Å². The number of piperidine rings is 1. The van der Waals surface area contributed by atoms with Gasteiger partial charge in [0.1, 0.15) is 0 Å². The number of hydrogen-bond donors (Lipinski definition) is 3. The molecule has 1 aromatic rings. The van der Waals surface area contributed by atoms with Crippen LogP contribution in [0.25, 0.3) is 0 Å². The van der Waals surface area contributed by atoms with Crippen molar-refractivity contribution in [1.82, 2.24) is 16.0 Å². The first-order valence-corrected chi connectivity index (χ1v) is 8.79. The molecule has 0 aliphatic carbocycles. The summed E-state index contributed by atoms with van der Waals surface area (Å²) in [6, 6.07) is 7.14. The Morgan fingerprint density at radius 1 is 1.17 bits per heavy atom. The molecule has 2 amide bonds. The Bertz CT molecular complexity index is 539. The predicted octanol–water partition coefficient (Wildman–Crippen LogP) is 2.07. The van der Waals surface area contributed by atoms with Gasteiger partial charge in [-0.05, 0) is 55.6 Å². The number of carbonyl (C=O) groups excluding carboxylic acids is 2. The van der Waals surface area contributed by atoms with Gasteiger partial charge in [0.15, 0.2) is 0 Å². The van der Waals surface area contributed by atoms with Crippen LogP contribution in [0.15, 0.2) is 28.7 Å². The highest BCUT2D eigenvalue weighted by Crippen LogP contribution is 2.26. The summed E-state index contributed by atoms with van der Waals surface area (Å²) in [5, 5.41) is 9.09. The lowest BCUT2D eigenvalue weighted by Gasteiger charge is -2.34. The zero-order valence-electron chi connectivity index (χ0n) is 13.5. The summed E-state index contributed by atoms with van der Waals surface area (Å²) in [5.74, 6) is -0.170. The Morgan fingerprint density at radius 2 is 1.83 bits per heavy atom. The number of amides is 2. The zero-order valence-corrected chi connectivity index (χ0v) is 15.0. The molecule has 0 unspecified atom stereocenters. The van der Waals surface area contributed by atoms with E-state index in [1.165, 1.54) is 0 Å². The molecule has 3 N–H and O–H groups in total. The molecule has 1 heterocycles. The van der Waals surface area contributed by atoms with Crippen molar-refractivity contribution in [3.8, 4) is 0 Å². The van der Waals surface area contributed by atoms with Crippen molar-refractivity contribution in [3.05, 3.63) is 34.3 Å². The van der Waals surface area contributed by atoms with Crippen LogP contribution in [0.2, 0.25) is 0 Å². The Balaban J connectivity index is 1.66. The standard InChI is InChI=1S/C17H24BrN3O2/c1-17(7-10-19-11-8-17)12-21-15(22)6-9-20-16(23)13-2-4-14(18)5-3-13/h2-5,19H,6-12H2,1H3,(H,20,23)(H,21,22). The Kier molecular flexibility index (Phi) is 6.59. The first-order chi connectivity index (χ1) is 11.0. The van der Waals surface area contributed by atoms with Gasteiger partial charge in [0.2, 0.25) is 5.91 Å². The Hall–Kier alpha value is -1.40. The highest BCUT2D eigenvalue weighted by atomic mass is 79.9. The molecule has 0 aromatic heterocycles. The van der Waals surface area contributed by atoms with Crippen molar-refractivity contribution in [3.63, 3.8) is 0 Å². The molecule has 0 spiro atoms. The molecule has 6 heteroatoms. The molecule has 1 aliphatic rings. The molecule has 1 aromatic carbocycles. The summed E-state index contributed by atoms with van der Waals surface area (Å²) in [5.41, 5.74) is 0.775. The van der Waals surface area contributed by atoms with Crippen LogP contribution in [0.3, 0.4) is 0 Å². The smallest absolute Gasteiger partial charge is 0.251 e. The number of benzene rings is 1. The SMILES string of the molecule is CC1(CNC(=O)CCNC(=O)c2ccc(Br)cc2)CCNCC1. The summed E-state index contributed by atoms with van der Waals surface area (Å²) in [4.78, 5) is 23.8. The highest BCUT2D eigenvalue weighted by molar-refractivity contribution is 9.10. The lowest BCUT2D eigenvalue weighted by Crippen LogP contribution is -2.43. The maximum absolute atomic E-state index is 11.9. The van der Waals surface area contributed by atoms with Gasteiger partial charge in [-0.15, -0.1) is 0 Å². The van der Waals surface area contributed by atoms with Crippen molar-refractivity contribution in [2.24, 2.45) is 5.41 Å². The van der Waals surface area contributed by atoms with Crippen LogP contribution in [-0.2, 0) is 4.79 Å². The first kappa shape index (κ1) is 17.9.